The van der Waals surface area contributed by atoms with Crippen LogP contribution < -0.4 is 5.32 Å². The molecule has 0 radical (unpaired) electrons. The quantitative estimate of drug-likeness (QED) is 0.900. The summed E-state index contributed by atoms with van der Waals surface area (Å²) < 4.78 is 0. The number of nitrogens with one attached hydrogen (secondary N) is 1. The fourth-order valence-electron chi connectivity index (χ4n) is 3.37. The average molecular weight is 279 g/mol. The summed E-state index contributed by atoms with van der Waals surface area (Å²) in [5.41, 5.74) is 1.59. The molecule has 3 rings (SSSR count). The molecule has 0 bridgehead atoms. The molecule has 0 aliphatic heterocycles. The molecule has 1 aliphatic carbocycles. The van der Waals surface area contributed by atoms with Crippen LogP contribution in [0.1, 0.15) is 44.6 Å². The van der Waals surface area contributed by atoms with Gasteiger partial charge in [0.2, 0.25) is 0 Å². The second-order valence-corrected chi connectivity index (χ2v) is 5.89. The van der Waals surface area contributed by atoms with Gasteiger partial charge < -0.3 is 5.32 Å². The Morgan fingerprint density at radius 3 is 2.90 bits per heavy atom. The maximum absolute atomic E-state index is 9.40. The Kier molecular flexibility index (Phi) is 4.06. The summed E-state index contributed by atoms with van der Waals surface area (Å²) in [5.74, 6) is 1.44. The predicted octanol–water partition coefficient (Wildman–Crippen LogP) is 4.49. The topological polar surface area (TPSA) is 48.7 Å². The van der Waals surface area contributed by atoms with Gasteiger partial charge in [-0.1, -0.05) is 44.4 Å². The molecule has 0 amide bonds. The summed E-state index contributed by atoms with van der Waals surface area (Å²) in [7, 11) is 0. The first kappa shape index (κ1) is 13.9. The molecule has 1 heterocycles. The van der Waals surface area contributed by atoms with Gasteiger partial charge in [0, 0.05) is 11.4 Å². The zero-order valence-corrected chi connectivity index (χ0v) is 12.5. The van der Waals surface area contributed by atoms with Crippen LogP contribution >= 0.6 is 0 Å². The molecule has 2 atom stereocenters. The second-order valence-electron chi connectivity index (χ2n) is 5.89. The number of pyridine rings is 1. The van der Waals surface area contributed by atoms with E-state index in [-0.39, 0.29) is 0 Å². The van der Waals surface area contributed by atoms with Gasteiger partial charge in [-0.15, -0.1) is 0 Å². The standard InChI is InChI=1S/C18H21N3/c1-2-13-7-3-5-9-16(13)20-18-15(12-19)11-14-8-4-6-10-17(14)21-18/h4,6,8,10-11,13,16H,2-3,5,7,9H2,1H3,(H,20,21). The Morgan fingerprint density at radius 2 is 2.10 bits per heavy atom. The van der Waals surface area contributed by atoms with Crippen LogP contribution in [0.3, 0.4) is 0 Å². The van der Waals surface area contributed by atoms with Crippen LogP contribution in [0, 0.1) is 17.2 Å². The fourth-order valence-corrected chi connectivity index (χ4v) is 3.37. The van der Waals surface area contributed by atoms with Gasteiger partial charge in [0.1, 0.15) is 11.9 Å². The van der Waals surface area contributed by atoms with Gasteiger partial charge in [-0.3, -0.25) is 0 Å². The molecule has 0 spiro atoms. The smallest absolute Gasteiger partial charge is 0.144 e. The van der Waals surface area contributed by atoms with Gasteiger partial charge in [0.15, 0.2) is 0 Å². The molecule has 3 heteroatoms. The van der Waals surface area contributed by atoms with Crippen LogP contribution in [-0.2, 0) is 0 Å². The lowest BCUT2D eigenvalue weighted by molar-refractivity contribution is 0.317. The third-order valence-electron chi connectivity index (χ3n) is 4.60. The number of fused-ring (bicyclic) bond motifs is 1. The normalized spacial score (nSPS) is 21.9. The Balaban J connectivity index is 1.93. The van der Waals surface area contributed by atoms with E-state index in [2.05, 4.69) is 23.3 Å². The molecule has 0 saturated heterocycles. The Morgan fingerprint density at radius 1 is 1.29 bits per heavy atom. The van der Waals surface area contributed by atoms with E-state index in [0.29, 0.717) is 17.5 Å². The van der Waals surface area contributed by atoms with Gasteiger partial charge in [-0.25, -0.2) is 4.98 Å². The number of hydrogen-bond acceptors (Lipinski definition) is 3. The molecule has 1 aromatic heterocycles. The van der Waals surface area contributed by atoms with Crippen molar-refractivity contribution in [1.29, 1.82) is 5.26 Å². The van der Waals surface area contributed by atoms with E-state index >= 15 is 0 Å². The van der Waals surface area contributed by atoms with Crippen molar-refractivity contribution < 1.29 is 0 Å². The molecule has 2 aromatic rings. The van der Waals surface area contributed by atoms with E-state index in [9.17, 15) is 5.26 Å². The Labute approximate surface area is 126 Å². The van der Waals surface area contributed by atoms with Gasteiger partial charge in [-0.2, -0.15) is 5.26 Å². The summed E-state index contributed by atoms with van der Waals surface area (Å²) in [4.78, 5) is 4.68. The zero-order chi connectivity index (χ0) is 14.7. The molecule has 1 N–H and O–H groups in total. The SMILES string of the molecule is CCC1CCCCC1Nc1nc2ccccc2cc1C#N. The van der Waals surface area contributed by atoms with Crippen molar-refractivity contribution >= 4 is 16.7 Å². The number of para-hydroxylation sites is 1. The maximum atomic E-state index is 9.40. The predicted molar refractivity (Wildman–Crippen MR) is 86.1 cm³/mol. The minimum absolute atomic E-state index is 0.449. The molecule has 3 nitrogen and oxygen atoms in total. The number of nitriles is 1. The Bertz CT molecular complexity index is 672. The van der Waals surface area contributed by atoms with E-state index in [4.69, 9.17) is 0 Å². The largest absolute Gasteiger partial charge is 0.366 e. The lowest BCUT2D eigenvalue weighted by Gasteiger charge is -2.32. The minimum atomic E-state index is 0.449. The van der Waals surface area contributed by atoms with E-state index in [1.165, 1.54) is 32.1 Å². The average Bonchev–Trinajstić information content (AvgIpc) is 2.54. The van der Waals surface area contributed by atoms with Crippen LogP contribution in [0.2, 0.25) is 0 Å². The lowest BCUT2D eigenvalue weighted by atomic mass is 9.83. The van der Waals surface area contributed by atoms with Crippen molar-refractivity contribution in [2.45, 2.75) is 45.1 Å². The molecule has 1 aliphatic rings. The van der Waals surface area contributed by atoms with Crippen molar-refractivity contribution in [1.82, 2.24) is 4.98 Å². The van der Waals surface area contributed by atoms with Crippen molar-refractivity contribution in [2.75, 3.05) is 5.32 Å². The summed E-state index contributed by atoms with van der Waals surface area (Å²) >= 11 is 0. The van der Waals surface area contributed by atoms with Gasteiger partial charge in [0.25, 0.3) is 0 Å². The molecule has 108 valence electrons. The summed E-state index contributed by atoms with van der Waals surface area (Å²) in [6, 6.07) is 12.6. The first-order valence-electron chi connectivity index (χ1n) is 7.88. The molecule has 1 saturated carbocycles. The third-order valence-corrected chi connectivity index (χ3v) is 4.60. The molecule has 1 fully saturated rings. The number of anilines is 1. The second kappa shape index (κ2) is 6.13. The first-order valence-corrected chi connectivity index (χ1v) is 7.88. The molecular formula is C18H21N3. The van der Waals surface area contributed by atoms with Gasteiger partial charge >= 0.3 is 0 Å². The summed E-state index contributed by atoms with van der Waals surface area (Å²) in [5, 5.41) is 14.0. The first-order chi connectivity index (χ1) is 10.3. The fraction of sp³-hybridized carbons (Fsp3) is 0.444. The maximum Gasteiger partial charge on any atom is 0.144 e. The van der Waals surface area contributed by atoms with E-state index in [1.807, 2.05) is 30.3 Å². The van der Waals surface area contributed by atoms with E-state index in [0.717, 1.165) is 16.7 Å². The zero-order valence-electron chi connectivity index (χ0n) is 12.5. The van der Waals surface area contributed by atoms with Crippen LogP contribution in [0.4, 0.5) is 5.82 Å². The number of aromatic nitrogens is 1. The highest BCUT2D eigenvalue weighted by Gasteiger charge is 2.24. The van der Waals surface area contributed by atoms with Gasteiger partial charge in [-0.05, 0) is 30.9 Å². The van der Waals surface area contributed by atoms with Crippen LogP contribution in [0.15, 0.2) is 30.3 Å². The summed E-state index contributed by atoms with van der Waals surface area (Å²) in [6.45, 7) is 2.25. The number of hydrogen-bond donors (Lipinski definition) is 1. The molecule has 2 unspecified atom stereocenters. The lowest BCUT2D eigenvalue weighted by Crippen LogP contribution is -2.32. The molecule has 1 aromatic carbocycles. The molecule has 21 heavy (non-hydrogen) atoms. The number of nitrogens with zero attached hydrogens (tertiary/aromatic N) is 2. The number of rotatable bonds is 3. The van der Waals surface area contributed by atoms with Gasteiger partial charge in [0.05, 0.1) is 11.1 Å². The monoisotopic (exact) mass is 279 g/mol. The van der Waals surface area contributed by atoms with Crippen molar-refractivity contribution in [3.8, 4) is 6.07 Å². The van der Waals surface area contributed by atoms with Crippen LogP contribution in [-0.4, -0.2) is 11.0 Å². The van der Waals surface area contributed by atoms with E-state index < -0.39 is 0 Å². The van der Waals surface area contributed by atoms with Crippen LogP contribution in [0.25, 0.3) is 10.9 Å². The highest BCUT2D eigenvalue weighted by atomic mass is 15.0. The van der Waals surface area contributed by atoms with E-state index in [1.54, 1.807) is 0 Å². The van der Waals surface area contributed by atoms with Crippen molar-refractivity contribution in [3.63, 3.8) is 0 Å². The molecular weight excluding hydrogens is 258 g/mol. The minimum Gasteiger partial charge on any atom is -0.366 e. The van der Waals surface area contributed by atoms with Crippen molar-refractivity contribution in [3.05, 3.63) is 35.9 Å². The summed E-state index contributed by atoms with van der Waals surface area (Å²) in [6.07, 6.45) is 6.24. The van der Waals surface area contributed by atoms with Crippen molar-refractivity contribution in [2.24, 2.45) is 5.92 Å². The third kappa shape index (κ3) is 2.85. The highest BCUT2D eigenvalue weighted by Crippen LogP contribution is 2.30. The van der Waals surface area contributed by atoms with Crippen LogP contribution in [0.5, 0.6) is 0 Å². The Hall–Kier alpha value is -2.08. The number of benzene rings is 1. The highest BCUT2D eigenvalue weighted by molar-refractivity contribution is 5.82.